The number of hydrogen-bond acceptors (Lipinski definition) is 3. The predicted molar refractivity (Wildman–Crippen MR) is 78.2 cm³/mol. The van der Waals surface area contributed by atoms with Gasteiger partial charge in [0.15, 0.2) is 0 Å². The number of benzene rings is 1. The lowest BCUT2D eigenvalue weighted by atomic mass is 10.1. The van der Waals surface area contributed by atoms with Gasteiger partial charge in [-0.25, -0.2) is 4.39 Å². The molecule has 1 aromatic rings. The number of likely N-dealkylation sites (tertiary alicyclic amines) is 1. The molecule has 0 radical (unpaired) electrons. The van der Waals surface area contributed by atoms with Gasteiger partial charge in [-0.3, -0.25) is 4.79 Å². The number of ether oxygens (including phenoxy) is 1. The van der Waals surface area contributed by atoms with Crippen molar-refractivity contribution in [1.29, 1.82) is 0 Å². The van der Waals surface area contributed by atoms with Gasteiger partial charge < -0.3 is 15.4 Å². The molecule has 1 saturated heterocycles. The van der Waals surface area contributed by atoms with Crippen LogP contribution in [0.4, 0.5) is 4.39 Å². The summed E-state index contributed by atoms with van der Waals surface area (Å²) >= 11 is 0. The molecule has 0 aromatic heterocycles. The van der Waals surface area contributed by atoms with Crippen molar-refractivity contribution in [2.75, 3.05) is 33.4 Å². The summed E-state index contributed by atoms with van der Waals surface area (Å²) in [6.45, 7) is 2.12. The molecular weight excluding hydrogens is 271 g/mol. The first-order valence-corrected chi connectivity index (χ1v) is 6.92. The quantitative estimate of drug-likeness (QED) is 0.852. The van der Waals surface area contributed by atoms with E-state index in [1.165, 1.54) is 18.2 Å². The number of nitrogens with zero attached hydrogens (tertiary/aromatic N) is 1. The maximum Gasteiger partial charge on any atom is 0.255 e. The van der Waals surface area contributed by atoms with Crippen molar-refractivity contribution in [3.63, 3.8) is 0 Å². The Kier molecular flexibility index (Phi) is 5.32. The van der Waals surface area contributed by atoms with E-state index in [0.717, 1.165) is 6.42 Å². The molecule has 4 nitrogen and oxygen atoms in total. The average molecular weight is 290 g/mol. The number of halogens is 1. The van der Waals surface area contributed by atoms with Gasteiger partial charge in [-0.1, -0.05) is 11.8 Å². The van der Waals surface area contributed by atoms with Crippen LogP contribution in [0.5, 0.6) is 0 Å². The Morgan fingerprint density at radius 1 is 1.57 bits per heavy atom. The number of amides is 1. The molecule has 0 aliphatic carbocycles. The van der Waals surface area contributed by atoms with E-state index in [9.17, 15) is 9.18 Å². The van der Waals surface area contributed by atoms with E-state index in [2.05, 4.69) is 11.8 Å². The lowest BCUT2D eigenvalue weighted by molar-refractivity contribution is 0.0774. The molecule has 1 unspecified atom stereocenters. The Hall–Kier alpha value is -1.90. The SMILES string of the molecule is COCC1CCN(C(=O)c2cc(F)ccc2C#CCN)C1. The van der Waals surface area contributed by atoms with Gasteiger partial charge in [-0.2, -0.15) is 0 Å². The van der Waals surface area contributed by atoms with E-state index in [1.807, 2.05) is 0 Å². The summed E-state index contributed by atoms with van der Waals surface area (Å²) in [4.78, 5) is 14.3. The minimum Gasteiger partial charge on any atom is -0.384 e. The van der Waals surface area contributed by atoms with E-state index in [1.54, 1.807) is 12.0 Å². The maximum atomic E-state index is 13.5. The van der Waals surface area contributed by atoms with E-state index in [0.29, 0.717) is 36.7 Å². The zero-order valence-corrected chi connectivity index (χ0v) is 12.1. The standard InChI is InChI=1S/C16H19FN2O2/c1-21-11-12-6-8-19(10-12)16(20)15-9-14(17)5-4-13(15)3-2-7-18/h4-5,9,12H,6-8,10-11,18H2,1H3. The van der Waals surface area contributed by atoms with Gasteiger partial charge in [0.2, 0.25) is 0 Å². The van der Waals surface area contributed by atoms with E-state index in [4.69, 9.17) is 10.5 Å². The molecule has 0 bridgehead atoms. The van der Waals surface area contributed by atoms with Gasteiger partial charge in [-0.05, 0) is 24.6 Å². The molecule has 0 spiro atoms. The van der Waals surface area contributed by atoms with Gasteiger partial charge in [0.25, 0.3) is 5.91 Å². The third kappa shape index (κ3) is 3.81. The average Bonchev–Trinajstić information content (AvgIpc) is 2.94. The van der Waals surface area contributed by atoms with Gasteiger partial charge in [0.1, 0.15) is 5.82 Å². The summed E-state index contributed by atoms with van der Waals surface area (Å²) in [5.41, 5.74) is 6.16. The molecule has 2 N–H and O–H groups in total. The normalized spacial score (nSPS) is 17.5. The minimum atomic E-state index is -0.440. The second kappa shape index (κ2) is 7.21. The van der Waals surface area contributed by atoms with Crippen LogP contribution in [0.2, 0.25) is 0 Å². The summed E-state index contributed by atoms with van der Waals surface area (Å²) in [5.74, 6) is 5.24. The first-order chi connectivity index (χ1) is 10.2. The van der Waals surface area contributed by atoms with E-state index in [-0.39, 0.29) is 12.5 Å². The Labute approximate surface area is 124 Å². The van der Waals surface area contributed by atoms with Crippen LogP contribution in [0.1, 0.15) is 22.3 Å². The summed E-state index contributed by atoms with van der Waals surface area (Å²) in [7, 11) is 1.65. The number of hydrogen-bond donors (Lipinski definition) is 1. The Morgan fingerprint density at radius 2 is 2.38 bits per heavy atom. The van der Waals surface area contributed by atoms with Gasteiger partial charge in [0, 0.05) is 31.7 Å². The lowest BCUT2D eigenvalue weighted by Crippen LogP contribution is -2.30. The Bertz CT molecular complexity index is 577. The smallest absolute Gasteiger partial charge is 0.255 e. The summed E-state index contributed by atoms with van der Waals surface area (Å²) in [6.07, 6.45) is 0.901. The van der Waals surface area contributed by atoms with Crippen LogP contribution in [0.3, 0.4) is 0 Å². The Balaban J connectivity index is 2.21. The molecule has 0 saturated carbocycles. The first kappa shape index (κ1) is 15.5. The van der Waals surface area contributed by atoms with Crippen molar-refractivity contribution in [2.24, 2.45) is 11.7 Å². The fourth-order valence-electron chi connectivity index (χ4n) is 2.51. The van der Waals surface area contributed by atoms with E-state index < -0.39 is 5.82 Å². The van der Waals surface area contributed by atoms with Crippen LogP contribution < -0.4 is 5.73 Å². The molecule has 1 aromatic carbocycles. The summed E-state index contributed by atoms with van der Waals surface area (Å²) < 4.78 is 18.6. The van der Waals surface area contributed by atoms with Gasteiger partial charge in [-0.15, -0.1) is 0 Å². The number of nitrogens with two attached hydrogens (primary N) is 1. The third-order valence-electron chi connectivity index (χ3n) is 3.51. The van der Waals surface area contributed by atoms with Gasteiger partial charge in [0.05, 0.1) is 18.7 Å². The highest BCUT2D eigenvalue weighted by Crippen LogP contribution is 2.21. The lowest BCUT2D eigenvalue weighted by Gasteiger charge is -2.17. The molecule has 5 heteroatoms. The highest BCUT2D eigenvalue weighted by atomic mass is 19.1. The third-order valence-corrected chi connectivity index (χ3v) is 3.51. The number of carbonyl (C=O) groups excluding carboxylic acids is 1. The highest BCUT2D eigenvalue weighted by molar-refractivity contribution is 5.97. The van der Waals surface area contributed by atoms with Crippen LogP contribution in [0, 0.1) is 23.6 Å². The zero-order chi connectivity index (χ0) is 15.2. The molecule has 1 heterocycles. The summed E-state index contributed by atoms with van der Waals surface area (Å²) in [5, 5.41) is 0. The van der Waals surface area contributed by atoms with Crippen molar-refractivity contribution in [1.82, 2.24) is 4.90 Å². The summed E-state index contributed by atoms with van der Waals surface area (Å²) in [6, 6.07) is 4.06. The number of methoxy groups -OCH3 is 1. The zero-order valence-electron chi connectivity index (χ0n) is 12.1. The second-order valence-electron chi connectivity index (χ2n) is 5.06. The molecular formula is C16H19FN2O2. The van der Waals surface area contributed by atoms with Crippen LogP contribution in [0.25, 0.3) is 0 Å². The van der Waals surface area contributed by atoms with Crippen molar-refractivity contribution >= 4 is 5.91 Å². The minimum absolute atomic E-state index is 0.186. The second-order valence-corrected chi connectivity index (χ2v) is 5.06. The van der Waals surface area contributed by atoms with Crippen LogP contribution in [-0.2, 0) is 4.74 Å². The van der Waals surface area contributed by atoms with Crippen LogP contribution >= 0.6 is 0 Å². The molecule has 1 aliphatic heterocycles. The fourth-order valence-corrected chi connectivity index (χ4v) is 2.51. The van der Waals surface area contributed by atoms with Crippen molar-refractivity contribution < 1.29 is 13.9 Å². The van der Waals surface area contributed by atoms with Crippen LogP contribution in [-0.4, -0.2) is 44.2 Å². The molecule has 2 rings (SSSR count). The highest BCUT2D eigenvalue weighted by Gasteiger charge is 2.28. The largest absolute Gasteiger partial charge is 0.384 e. The number of carbonyl (C=O) groups is 1. The molecule has 1 atom stereocenters. The van der Waals surface area contributed by atoms with Crippen molar-refractivity contribution in [3.05, 3.63) is 35.1 Å². The number of rotatable bonds is 3. The van der Waals surface area contributed by atoms with E-state index >= 15 is 0 Å². The maximum absolute atomic E-state index is 13.5. The first-order valence-electron chi connectivity index (χ1n) is 6.92. The predicted octanol–water partition coefficient (Wildman–Crippen LogP) is 1.24. The monoisotopic (exact) mass is 290 g/mol. The van der Waals surface area contributed by atoms with Gasteiger partial charge >= 0.3 is 0 Å². The van der Waals surface area contributed by atoms with Crippen molar-refractivity contribution in [3.8, 4) is 11.8 Å². The molecule has 21 heavy (non-hydrogen) atoms. The fraction of sp³-hybridized carbons (Fsp3) is 0.438. The topological polar surface area (TPSA) is 55.6 Å². The molecule has 112 valence electrons. The molecule has 1 aliphatic rings. The van der Waals surface area contributed by atoms with Crippen LogP contribution in [0.15, 0.2) is 18.2 Å². The Morgan fingerprint density at radius 3 is 3.10 bits per heavy atom. The molecule has 1 fully saturated rings. The molecule has 1 amide bonds. The van der Waals surface area contributed by atoms with Crippen molar-refractivity contribution in [2.45, 2.75) is 6.42 Å².